The Balaban J connectivity index is 2.32. The highest BCUT2D eigenvalue weighted by atomic mass is 35.6. The van der Waals surface area contributed by atoms with Crippen molar-refractivity contribution in [3.63, 3.8) is 0 Å². The Hall–Kier alpha value is 0.247. The molecule has 0 bridgehead atoms. The topological polar surface area (TPSA) is 0 Å². The molecule has 0 unspecified atom stereocenters. The third kappa shape index (κ3) is 0.853. The molecule has 1 aliphatic heterocycles. The van der Waals surface area contributed by atoms with Crippen LogP contribution in [0.2, 0.25) is 12.1 Å². The molecule has 0 aromatic heterocycles. The molecular formula is C4H7ClSi. The van der Waals surface area contributed by atoms with E-state index < -0.39 is 8.11 Å². The molecule has 1 heterocycles. The van der Waals surface area contributed by atoms with Crippen LogP contribution in [-0.2, 0) is 0 Å². The minimum atomic E-state index is -0.688. The van der Waals surface area contributed by atoms with Gasteiger partial charge < -0.3 is 0 Å². The minimum absolute atomic E-state index is 0.688. The first-order chi connectivity index (χ1) is 2.89. The lowest BCUT2D eigenvalue weighted by molar-refractivity contribution is 1.75. The highest BCUT2D eigenvalue weighted by molar-refractivity contribution is 7.07. The van der Waals surface area contributed by atoms with E-state index in [9.17, 15) is 0 Å². The average molecular weight is 119 g/mol. The Labute approximate surface area is 44.1 Å². The van der Waals surface area contributed by atoms with Crippen molar-refractivity contribution < 1.29 is 0 Å². The first kappa shape index (κ1) is 4.41. The van der Waals surface area contributed by atoms with Crippen LogP contribution in [-0.4, -0.2) is 8.11 Å². The lowest BCUT2D eigenvalue weighted by Gasteiger charge is -1.85. The zero-order chi connectivity index (χ0) is 4.41. The fraction of sp³-hybridized carbons (Fsp3) is 0.500. The second-order valence-corrected chi connectivity index (χ2v) is 5.53. The monoisotopic (exact) mass is 118 g/mol. The van der Waals surface area contributed by atoms with E-state index in [4.69, 9.17) is 11.1 Å². The van der Waals surface area contributed by atoms with Crippen LogP contribution in [0.4, 0.5) is 0 Å². The Morgan fingerprint density at radius 3 is 2.00 bits per heavy atom. The molecular weight excluding hydrogens is 112 g/mol. The third-order valence-corrected chi connectivity index (χ3v) is 3.59. The van der Waals surface area contributed by atoms with E-state index in [0.717, 1.165) is 0 Å². The summed E-state index contributed by atoms with van der Waals surface area (Å²) in [6.07, 6.45) is 4.37. The zero-order valence-electron chi connectivity index (χ0n) is 3.52. The van der Waals surface area contributed by atoms with E-state index in [2.05, 4.69) is 12.2 Å². The van der Waals surface area contributed by atoms with Crippen LogP contribution in [0.5, 0.6) is 0 Å². The first-order valence-corrected chi connectivity index (χ1v) is 5.56. The molecule has 0 fully saturated rings. The van der Waals surface area contributed by atoms with E-state index in [1.165, 1.54) is 12.1 Å². The number of rotatable bonds is 0. The van der Waals surface area contributed by atoms with Gasteiger partial charge in [-0.1, -0.05) is 12.2 Å². The smallest absolute Gasteiger partial charge is 0.148 e. The molecule has 6 heavy (non-hydrogen) atoms. The third-order valence-electron chi connectivity index (χ3n) is 0.950. The van der Waals surface area contributed by atoms with Gasteiger partial charge in [-0.2, -0.15) is 11.1 Å². The van der Waals surface area contributed by atoms with Crippen LogP contribution >= 0.6 is 11.1 Å². The fourth-order valence-corrected chi connectivity index (χ4v) is 2.37. The quantitative estimate of drug-likeness (QED) is 0.257. The lowest BCUT2D eigenvalue weighted by Crippen LogP contribution is -1.90. The van der Waals surface area contributed by atoms with Crippen LogP contribution in [0, 0.1) is 0 Å². The molecule has 0 spiro atoms. The van der Waals surface area contributed by atoms with Gasteiger partial charge in [-0.25, -0.2) is 0 Å². The van der Waals surface area contributed by atoms with Gasteiger partial charge in [0.15, 0.2) is 0 Å². The molecule has 0 aromatic rings. The average Bonchev–Trinajstić information content (AvgIpc) is 1.86. The highest BCUT2D eigenvalue weighted by Gasteiger charge is 2.05. The van der Waals surface area contributed by atoms with Gasteiger partial charge in [0.05, 0.1) is 0 Å². The van der Waals surface area contributed by atoms with Crippen molar-refractivity contribution in [3.05, 3.63) is 12.2 Å². The van der Waals surface area contributed by atoms with Crippen LogP contribution in [0.25, 0.3) is 0 Å². The second-order valence-electron chi connectivity index (χ2n) is 1.54. The summed E-state index contributed by atoms with van der Waals surface area (Å²) in [7, 11) is -0.688. The van der Waals surface area contributed by atoms with Gasteiger partial charge in [-0.3, -0.25) is 0 Å². The van der Waals surface area contributed by atoms with Crippen molar-refractivity contribution in [3.8, 4) is 0 Å². The van der Waals surface area contributed by atoms with Gasteiger partial charge in [-0.05, 0) is 12.1 Å². The summed E-state index contributed by atoms with van der Waals surface area (Å²) in [6, 6.07) is 2.42. The first-order valence-electron chi connectivity index (χ1n) is 2.18. The van der Waals surface area contributed by atoms with Crippen LogP contribution < -0.4 is 0 Å². The standard InChI is InChI=1S/C4H7ClSi/c5-6-3-1-2-4-6/h1-2,6H,3-4H2. The number of halogens is 1. The van der Waals surface area contributed by atoms with Gasteiger partial charge in [0.2, 0.25) is 0 Å². The Bertz CT molecular complexity index is 61.9. The lowest BCUT2D eigenvalue weighted by atomic mass is 10.6. The molecule has 0 amide bonds. The maximum Gasteiger partial charge on any atom is 0.148 e. The molecule has 0 aromatic carbocycles. The number of hydrogen-bond acceptors (Lipinski definition) is 0. The second kappa shape index (κ2) is 1.80. The molecule has 0 saturated carbocycles. The van der Waals surface area contributed by atoms with Gasteiger partial charge in [0.1, 0.15) is 8.11 Å². The number of allylic oxidation sites excluding steroid dienone is 2. The Morgan fingerprint density at radius 2 is 1.83 bits per heavy atom. The van der Waals surface area contributed by atoms with E-state index in [0.29, 0.717) is 0 Å². The minimum Gasteiger partial charge on any atom is -0.171 e. The van der Waals surface area contributed by atoms with E-state index in [1.807, 2.05) is 0 Å². The molecule has 1 aliphatic rings. The maximum absolute atomic E-state index is 5.79. The van der Waals surface area contributed by atoms with Crippen molar-refractivity contribution in [2.75, 3.05) is 0 Å². The zero-order valence-corrected chi connectivity index (χ0v) is 5.43. The van der Waals surface area contributed by atoms with Gasteiger partial charge >= 0.3 is 0 Å². The van der Waals surface area contributed by atoms with Crippen LogP contribution in [0.3, 0.4) is 0 Å². The SMILES string of the molecule is Cl[SiH]1CC=CC1. The summed E-state index contributed by atoms with van der Waals surface area (Å²) in [6.45, 7) is 0. The molecule has 0 saturated heterocycles. The largest absolute Gasteiger partial charge is 0.171 e. The Morgan fingerprint density at radius 1 is 1.33 bits per heavy atom. The molecule has 34 valence electrons. The predicted octanol–water partition coefficient (Wildman–Crippen LogP) is 1.52. The molecule has 0 radical (unpaired) electrons. The normalized spacial score (nSPS) is 22.8. The van der Waals surface area contributed by atoms with E-state index in [1.54, 1.807) is 0 Å². The summed E-state index contributed by atoms with van der Waals surface area (Å²) in [5, 5.41) is 0. The summed E-state index contributed by atoms with van der Waals surface area (Å²) in [4.78, 5) is 0. The predicted molar refractivity (Wildman–Crippen MR) is 31.8 cm³/mol. The van der Waals surface area contributed by atoms with E-state index >= 15 is 0 Å². The van der Waals surface area contributed by atoms with Crippen LogP contribution in [0.15, 0.2) is 12.2 Å². The molecule has 0 N–H and O–H groups in total. The molecule has 0 aliphatic carbocycles. The van der Waals surface area contributed by atoms with Crippen LogP contribution in [0.1, 0.15) is 0 Å². The summed E-state index contributed by atoms with van der Waals surface area (Å²) >= 11 is 5.79. The number of hydrogen-bond donors (Lipinski definition) is 0. The van der Waals surface area contributed by atoms with Gasteiger partial charge in [0.25, 0.3) is 0 Å². The van der Waals surface area contributed by atoms with Gasteiger partial charge in [-0.15, -0.1) is 0 Å². The summed E-state index contributed by atoms with van der Waals surface area (Å²) in [5.74, 6) is 0. The molecule has 2 heteroatoms. The Kier molecular flexibility index (Phi) is 1.32. The fourth-order valence-electron chi connectivity index (χ4n) is 0.584. The summed E-state index contributed by atoms with van der Waals surface area (Å²) < 4.78 is 0. The van der Waals surface area contributed by atoms with E-state index in [-0.39, 0.29) is 0 Å². The molecule has 1 rings (SSSR count). The summed E-state index contributed by atoms with van der Waals surface area (Å²) in [5.41, 5.74) is 0. The van der Waals surface area contributed by atoms with Crippen molar-refractivity contribution in [2.45, 2.75) is 12.1 Å². The maximum atomic E-state index is 5.79. The van der Waals surface area contributed by atoms with Crippen molar-refractivity contribution in [1.29, 1.82) is 0 Å². The molecule has 0 atom stereocenters. The van der Waals surface area contributed by atoms with Crippen molar-refractivity contribution >= 4 is 19.2 Å². The molecule has 0 nitrogen and oxygen atoms in total. The van der Waals surface area contributed by atoms with Crippen molar-refractivity contribution in [1.82, 2.24) is 0 Å². The van der Waals surface area contributed by atoms with Gasteiger partial charge in [0, 0.05) is 0 Å². The highest BCUT2D eigenvalue weighted by Crippen LogP contribution is 2.12. The van der Waals surface area contributed by atoms with Crippen molar-refractivity contribution in [2.24, 2.45) is 0 Å².